The third-order valence-corrected chi connectivity index (χ3v) is 3.16. The van der Waals surface area contributed by atoms with Crippen LogP contribution in [0.25, 0.3) is 5.65 Å². The Kier molecular flexibility index (Phi) is 3.02. The van der Waals surface area contributed by atoms with E-state index in [1.165, 1.54) is 4.52 Å². The summed E-state index contributed by atoms with van der Waals surface area (Å²) in [5.41, 5.74) is 0.507. The highest BCUT2D eigenvalue weighted by Gasteiger charge is 2.19. The Hall–Kier alpha value is -2.96. The van der Waals surface area contributed by atoms with E-state index < -0.39 is 11.5 Å². The minimum Gasteiger partial charge on any atom is -0.306 e. The van der Waals surface area contributed by atoms with Crippen LogP contribution in [0.15, 0.2) is 41.5 Å². The predicted molar refractivity (Wildman–Crippen MR) is 77.4 cm³/mol. The first-order valence-electron chi connectivity index (χ1n) is 6.35. The van der Waals surface area contributed by atoms with Gasteiger partial charge in [-0.2, -0.15) is 4.52 Å². The number of hydrogen-bond donors (Lipinski definition) is 1. The standard InChI is InChI=1S/C14H13N5O2/c1-9-12(13(20)17-10-5-3-4-7-15-10)14(21)19-11(16-9)6-8-18(19)2/h3-8H,1-2H3,(H,15,17,20). The number of aromatic nitrogens is 4. The quantitative estimate of drug-likeness (QED) is 0.760. The van der Waals surface area contributed by atoms with Crippen LogP contribution in [0.4, 0.5) is 5.82 Å². The van der Waals surface area contributed by atoms with Gasteiger partial charge >= 0.3 is 0 Å². The number of hydrogen-bond acceptors (Lipinski definition) is 4. The molecule has 0 aliphatic rings. The van der Waals surface area contributed by atoms with E-state index >= 15 is 0 Å². The molecule has 3 aromatic rings. The Labute approximate surface area is 119 Å². The van der Waals surface area contributed by atoms with Gasteiger partial charge in [0.1, 0.15) is 11.4 Å². The van der Waals surface area contributed by atoms with Crippen LogP contribution in [0.5, 0.6) is 0 Å². The van der Waals surface area contributed by atoms with Gasteiger partial charge in [-0.25, -0.2) is 9.97 Å². The zero-order chi connectivity index (χ0) is 15.0. The number of pyridine rings is 1. The fourth-order valence-corrected chi connectivity index (χ4v) is 2.17. The van der Waals surface area contributed by atoms with Crippen molar-refractivity contribution in [3.63, 3.8) is 0 Å². The monoisotopic (exact) mass is 283 g/mol. The van der Waals surface area contributed by atoms with E-state index in [4.69, 9.17) is 0 Å². The van der Waals surface area contributed by atoms with Gasteiger partial charge in [-0.1, -0.05) is 6.07 Å². The molecule has 0 saturated heterocycles. The van der Waals surface area contributed by atoms with Crippen LogP contribution < -0.4 is 10.9 Å². The first kappa shape index (κ1) is 13.0. The third kappa shape index (κ3) is 2.18. The minimum absolute atomic E-state index is 0.0138. The maximum absolute atomic E-state index is 12.5. The summed E-state index contributed by atoms with van der Waals surface area (Å²) in [6.45, 7) is 1.64. The number of amides is 1. The van der Waals surface area contributed by atoms with Crippen molar-refractivity contribution in [1.29, 1.82) is 0 Å². The molecule has 7 nitrogen and oxygen atoms in total. The molecule has 1 N–H and O–H groups in total. The van der Waals surface area contributed by atoms with Crippen LogP contribution >= 0.6 is 0 Å². The van der Waals surface area contributed by atoms with Crippen LogP contribution in [0, 0.1) is 6.92 Å². The maximum atomic E-state index is 12.5. The fourth-order valence-electron chi connectivity index (χ4n) is 2.17. The Morgan fingerprint density at radius 3 is 2.81 bits per heavy atom. The number of nitrogens with one attached hydrogen (secondary N) is 1. The van der Waals surface area contributed by atoms with Gasteiger partial charge in [0.15, 0.2) is 5.65 Å². The van der Waals surface area contributed by atoms with Gasteiger partial charge in [-0.3, -0.25) is 14.3 Å². The largest absolute Gasteiger partial charge is 0.306 e. The van der Waals surface area contributed by atoms with Crippen molar-refractivity contribution in [2.45, 2.75) is 6.92 Å². The zero-order valence-corrected chi connectivity index (χ0v) is 11.6. The lowest BCUT2D eigenvalue weighted by Crippen LogP contribution is -2.30. The van der Waals surface area contributed by atoms with Gasteiger partial charge in [0.05, 0.1) is 5.69 Å². The van der Waals surface area contributed by atoms with Gasteiger partial charge in [-0.05, 0) is 19.1 Å². The highest BCUT2D eigenvalue weighted by Crippen LogP contribution is 2.07. The number of carbonyl (C=O) groups excluding carboxylic acids is 1. The molecule has 0 aliphatic heterocycles. The van der Waals surface area contributed by atoms with E-state index in [1.54, 1.807) is 55.3 Å². The van der Waals surface area contributed by atoms with Crippen molar-refractivity contribution < 1.29 is 4.79 Å². The molecule has 0 saturated carbocycles. The van der Waals surface area contributed by atoms with Crippen LogP contribution in [0.2, 0.25) is 0 Å². The van der Waals surface area contributed by atoms with Gasteiger partial charge in [-0.15, -0.1) is 0 Å². The number of carbonyl (C=O) groups is 1. The third-order valence-electron chi connectivity index (χ3n) is 3.16. The summed E-state index contributed by atoms with van der Waals surface area (Å²) in [5, 5.41) is 2.60. The topological polar surface area (TPSA) is 81.3 Å². The molecule has 106 valence electrons. The lowest BCUT2D eigenvalue weighted by atomic mass is 10.2. The van der Waals surface area contributed by atoms with Crippen molar-refractivity contribution in [2.75, 3.05) is 5.32 Å². The molecule has 0 bridgehead atoms. The number of anilines is 1. The average molecular weight is 283 g/mol. The van der Waals surface area contributed by atoms with Gasteiger partial charge < -0.3 is 5.32 Å². The molecular weight excluding hydrogens is 270 g/mol. The summed E-state index contributed by atoms with van der Waals surface area (Å²) >= 11 is 0. The van der Waals surface area contributed by atoms with Crippen molar-refractivity contribution in [3.8, 4) is 0 Å². The molecule has 0 unspecified atom stereocenters. The van der Waals surface area contributed by atoms with E-state index in [0.717, 1.165) is 0 Å². The van der Waals surface area contributed by atoms with Crippen molar-refractivity contribution >= 4 is 17.4 Å². The van der Waals surface area contributed by atoms with Crippen molar-refractivity contribution in [1.82, 2.24) is 19.2 Å². The molecule has 0 radical (unpaired) electrons. The molecule has 0 fully saturated rings. The lowest BCUT2D eigenvalue weighted by Gasteiger charge is -2.07. The van der Waals surface area contributed by atoms with E-state index in [-0.39, 0.29) is 5.56 Å². The van der Waals surface area contributed by atoms with Crippen LogP contribution in [-0.2, 0) is 7.05 Å². The van der Waals surface area contributed by atoms with Gasteiger partial charge in [0.25, 0.3) is 11.5 Å². The summed E-state index contributed by atoms with van der Waals surface area (Å²) in [4.78, 5) is 33.1. The van der Waals surface area contributed by atoms with E-state index in [1.807, 2.05) is 0 Å². The Bertz CT molecular complexity index is 880. The molecule has 3 aromatic heterocycles. The summed E-state index contributed by atoms with van der Waals surface area (Å²) in [6.07, 6.45) is 3.28. The normalized spacial score (nSPS) is 10.8. The molecule has 3 heterocycles. The summed E-state index contributed by atoms with van der Waals surface area (Å²) < 4.78 is 2.93. The van der Waals surface area contributed by atoms with Crippen LogP contribution in [0.3, 0.4) is 0 Å². The summed E-state index contributed by atoms with van der Waals surface area (Å²) in [7, 11) is 1.71. The second-order valence-electron chi connectivity index (χ2n) is 4.61. The maximum Gasteiger partial charge on any atom is 0.285 e. The predicted octanol–water partition coefficient (Wildman–Crippen LogP) is 0.989. The minimum atomic E-state index is -0.515. The van der Waals surface area contributed by atoms with Gasteiger partial charge in [0, 0.05) is 25.5 Å². The summed E-state index contributed by atoms with van der Waals surface area (Å²) in [5.74, 6) is -0.127. The summed E-state index contributed by atoms with van der Waals surface area (Å²) in [6, 6.07) is 6.86. The SMILES string of the molecule is Cc1nc2ccn(C)n2c(=O)c1C(=O)Nc1ccccn1. The van der Waals surface area contributed by atoms with E-state index in [2.05, 4.69) is 15.3 Å². The second-order valence-corrected chi connectivity index (χ2v) is 4.61. The van der Waals surface area contributed by atoms with Gasteiger partial charge in [0.2, 0.25) is 0 Å². The molecule has 7 heteroatoms. The number of aryl methyl sites for hydroxylation is 2. The molecular formula is C14H13N5O2. The first-order chi connectivity index (χ1) is 10.1. The zero-order valence-electron chi connectivity index (χ0n) is 11.6. The highest BCUT2D eigenvalue weighted by molar-refractivity contribution is 6.04. The first-order valence-corrected chi connectivity index (χ1v) is 6.35. The Morgan fingerprint density at radius 2 is 2.10 bits per heavy atom. The number of nitrogens with zero attached hydrogens (tertiary/aromatic N) is 4. The molecule has 21 heavy (non-hydrogen) atoms. The van der Waals surface area contributed by atoms with E-state index in [0.29, 0.717) is 17.2 Å². The lowest BCUT2D eigenvalue weighted by molar-refractivity contribution is 0.102. The van der Waals surface area contributed by atoms with Crippen LogP contribution in [-0.4, -0.2) is 25.1 Å². The van der Waals surface area contributed by atoms with Crippen molar-refractivity contribution in [2.24, 2.45) is 7.05 Å². The second kappa shape index (κ2) is 4.86. The van der Waals surface area contributed by atoms with Crippen LogP contribution in [0.1, 0.15) is 16.1 Å². The Balaban J connectivity index is 2.09. The Morgan fingerprint density at radius 1 is 1.29 bits per heavy atom. The van der Waals surface area contributed by atoms with Crippen molar-refractivity contribution in [3.05, 3.63) is 58.3 Å². The highest BCUT2D eigenvalue weighted by atomic mass is 16.2. The number of rotatable bonds is 2. The molecule has 1 amide bonds. The molecule has 0 spiro atoms. The smallest absolute Gasteiger partial charge is 0.285 e. The molecule has 3 rings (SSSR count). The van der Waals surface area contributed by atoms with E-state index in [9.17, 15) is 9.59 Å². The molecule has 0 atom stereocenters. The molecule has 0 aromatic carbocycles. The fraction of sp³-hybridized carbons (Fsp3) is 0.143. The number of fused-ring (bicyclic) bond motifs is 1. The molecule has 0 aliphatic carbocycles. The average Bonchev–Trinajstić information content (AvgIpc) is 2.81.